The number of rotatable bonds is 4. The first-order chi connectivity index (χ1) is 14.0. The molecule has 7 nitrogen and oxygen atoms in total. The van der Waals surface area contributed by atoms with Crippen LogP contribution in [0.25, 0.3) is 10.9 Å². The van der Waals surface area contributed by atoms with Crippen molar-refractivity contribution >= 4 is 28.5 Å². The molecule has 156 valence electrons. The molecule has 2 saturated heterocycles. The molecule has 2 fully saturated rings. The Morgan fingerprint density at radius 1 is 1.14 bits per heavy atom. The summed E-state index contributed by atoms with van der Waals surface area (Å²) in [6.07, 6.45) is 3.57. The minimum absolute atomic E-state index is 0.0684. The molecule has 1 N–H and O–H groups in total. The first-order valence-corrected chi connectivity index (χ1v) is 10.6. The lowest BCUT2D eigenvalue weighted by molar-refractivity contribution is -0.142. The number of carbonyl (C=O) groups is 2. The second-order valence-electron chi connectivity index (χ2n) is 8.38. The van der Waals surface area contributed by atoms with Crippen LogP contribution in [0, 0.1) is 5.92 Å². The summed E-state index contributed by atoms with van der Waals surface area (Å²) in [4.78, 5) is 28.7. The highest BCUT2D eigenvalue weighted by atomic mass is 16.5. The monoisotopic (exact) mass is 398 g/mol. The molecule has 1 aromatic heterocycles. The van der Waals surface area contributed by atoms with Crippen molar-refractivity contribution in [2.45, 2.75) is 39.3 Å². The number of amides is 3. The molecule has 2 aromatic rings. The third kappa shape index (κ3) is 4.40. The highest BCUT2D eigenvalue weighted by Gasteiger charge is 2.31. The van der Waals surface area contributed by atoms with Crippen LogP contribution in [0.4, 0.5) is 10.5 Å². The van der Waals surface area contributed by atoms with Crippen molar-refractivity contribution < 1.29 is 14.3 Å². The van der Waals surface area contributed by atoms with Gasteiger partial charge in [0.1, 0.15) is 6.10 Å². The molecule has 2 aliphatic rings. The number of urea groups is 1. The van der Waals surface area contributed by atoms with Crippen LogP contribution in [0.5, 0.6) is 0 Å². The summed E-state index contributed by atoms with van der Waals surface area (Å²) in [5.74, 6) is 0.648. The summed E-state index contributed by atoms with van der Waals surface area (Å²) in [5.41, 5.74) is 1.97. The highest BCUT2D eigenvalue weighted by molar-refractivity contribution is 5.93. The molecule has 7 heteroatoms. The highest BCUT2D eigenvalue weighted by Crippen LogP contribution is 2.22. The number of ether oxygens (including phenoxy) is 1. The molecule has 3 amide bonds. The summed E-state index contributed by atoms with van der Waals surface area (Å²) in [6.45, 7) is 8.25. The van der Waals surface area contributed by atoms with Crippen LogP contribution in [-0.2, 0) is 16.1 Å². The Labute approximate surface area is 171 Å². The van der Waals surface area contributed by atoms with Crippen LogP contribution in [0.3, 0.4) is 0 Å². The summed E-state index contributed by atoms with van der Waals surface area (Å²) in [6, 6.07) is 8.00. The number of fused-ring (bicyclic) bond motifs is 1. The summed E-state index contributed by atoms with van der Waals surface area (Å²) in [5, 5.41) is 4.12. The van der Waals surface area contributed by atoms with Crippen LogP contribution < -0.4 is 5.32 Å². The Morgan fingerprint density at radius 2 is 1.90 bits per heavy atom. The van der Waals surface area contributed by atoms with Gasteiger partial charge >= 0.3 is 6.03 Å². The van der Waals surface area contributed by atoms with Crippen molar-refractivity contribution in [2.24, 2.45) is 5.92 Å². The largest absolute Gasteiger partial charge is 0.368 e. The molecular formula is C22H30N4O3. The molecule has 4 rings (SSSR count). The smallest absolute Gasteiger partial charge is 0.321 e. The Hall–Kier alpha value is -2.54. The molecule has 0 spiro atoms. The lowest BCUT2D eigenvalue weighted by Crippen LogP contribution is -2.53. The zero-order valence-corrected chi connectivity index (χ0v) is 17.3. The number of piperazine rings is 1. The summed E-state index contributed by atoms with van der Waals surface area (Å²) < 4.78 is 7.74. The van der Waals surface area contributed by atoms with E-state index in [1.807, 2.05) is 17.0 Å². The maximum absolute atomic E-state index is 12.7. The van der Waals surface area contributed by atoms with E-state index in [1.165, 1.54) is 5.52 Å². The third-order valence-corrected chi connectivity index (χ3v) is 5.67. The van der Waals surface area contributed by atoms with Gasteiger partial charge in [-0.2, -0.15) is 0 Å². The van der Waals surface area contributed by atoms with E-state index in [4.69, 9.17) is 4.74 Å². The summed E-state index contributed by atoms with van der Waals surface area (Å²) in [7, 11) is 0. The average molecular weight is 399 g/mol. The number of benzene rings is 1. The molecule has 1 unspecified atom stereocenters. The average Bonchev–Trinajstić information content (AvgIpc) is 3.38. The Morgan fingerprint density at radius 3 is 2.59 bits per heavy atom. The second-order valence-corrected chi connectivity index (χ2v) is 8.38. The quantitative estimate of drug-likeness (QED) is 0.860. The van der Waals surface area contributed by atoms with Crippen LogP contribution in [0.15, 0.2) is 30.5 Å². The third-order valence-electron chi connectivity index (χ3n) is 5.67. The number of nitrogens with zero attached hydrogens (tertiary/aromatic N) is 3. The number of nitrogens with one attached hydrogen (secondary N) is 1. The minimum Gasteiger partial charge on any atom is -0.368 e. The fourth-order valence-electron chi connectivity index (χ4n) is 4.14. The first-order valence-electron chi connectivity index (χ1n) is 10.6. The minimum atomic E-state index is -0.287. The van der Waals surface area contributed by atoms with E-state index in [0.29, 0.717) is 38.7 Å². The number of anilines is 1. The van der Waals surface area contributed by atoms with Crippen molar-refractivity contribution in [3.8, 4) is 0 Å². The molecule has 2 aliphatic heterocycles. The van der Waals surface area contributed by atoms with Crippen molar-refractivity contribution in [3.63, 3.8) is 0 Å². The van der Waals surface area contributed by atoms with Gasteiger partial charge in [0.2, 0.25) is 0 Å². The van der Waals surface area contributed by atoms with E-state index >= 15 is 0 Å². The Bertz CT molecular complexity index is 877. The Kier molecular flexibility index (Phi) is 5.76. The van der Waals surface area contributed by atoms with E-state index in [9.17, 15) is 9.59 Å². The van der Waals surface area contributed by atoms with Gasteiger partial charge in [-0.1, -0.05) is 13.8 Å². The first kappa shape index (κ1) is 19.8. The zero-order valence-electron chi connectivity index (χ0n) is 17.3. The predicted octanol–water partition coefficient (Wildman–Crippen LogP) is 3.15. The van der Waals surface area contributed by atoms with Gasteiger partial charge in [-0.3, -0.25) is 4.79 Å². The topological polar surface area (TPSA) is 66.8 Å². The van der Waals surface area contributed by atoms with Crippen LogP contribution in [0.1, 0.15) is 26.7 Å². The van der Waals surface area contributed by atoms with Crippen molar-refractivity contribution in [1.82, 2.24) is 14.4 Å². The Balaban J connectivity index is 1.33. The van der Waals surface area contributed by atoms with Crippen LogP contribution in [0.2, 0.25) is 0 Å². The molecule has 1 atom stereocenters. The van der Waals surface area contributed by atoms with Gasteiger partial charge in [-0.25, -0.2) is 4.79 Å². The molecule has 0 saturated carbocycles. The number of carbonyl (C=O) groups excluding carboxylic acids is 2. The zero-order chi connectivity index (χ0) is 20.4. The van der Waals surface area contributed by atoms with E-state index in [2.05, 4.69) is 42.1 Å². The fourth-order valence-corrected chi connectivity index (χ4v) is 4.14. The van der Waals surface area contributed by atoms with E-state index in [0.717, 1.165) is 30.5 Å². The molecule has 0 aliphatic carbocycles. The van der Waals surface area contributed by atoms with Crippen LogP contribution >= 0.6 is 0 Å². The van der Waals surface area contributed by atoms with E-state index in [-0.39, 0.29) is 18.0 Å². The van der Waals surface area contributed by atoms with Crippen LogP contribution in [-0.4, -0.2) is 65.2 Å². The van der Waals surface area contributed by atoms with Gasteiger partial charge < -0.3 is 24.4 Å². The second kappa shape index (κ2) is 8.45. The molecule has 29 heavy (non-hydrogen) atoms. The number of hydrogen-bond acceptors (Lipinski definition) is 3. The van der Waals surface area contributed by atoms with Gasteiger partial charge in [0, 0.05) is 62.1 Å². The van der Waals surface area contributed by atoms with Gasteiger partial charge in [-0.05, 0) is 43.0 Å². The standard InChI is InChI=1S/C22H30N4O3/c1-16(2)15-26-8-7-17-14-18(5-6-19(17)26)23-22(28)25-11-9-24(10-12-25)21(27)20-4-3-13-29-20/h5-8,14,16,20H,3-4,9-13,15H2,1-2H3,(H,23,28). The van der Waals surface area contributed by atoms with E-state index in [1.54, 1.807) is 4.90 Å². The number of hydrogen-bond donors (Lipinski definition) is 1. The lowest BCUT2D eigenvalue weighted by Gasteiger charge is -2.35. The van der Waals surface area contributed by atoms with Gasteiger partial charge in [0.15, 0.2) is 0 Å². The van der Waals surface area contributed by atoms with Crippen molar-refractivity contribution in [2.75, 3.05) is 38.1 Å². The number of aromatic nitrogens is 1. The van der Waals surface area contributed by atoms with Gasteiger partial charge in [0.05, 0.1) is 0 Å². The van der Waals surface area contributed by atoms with Crippen molar-refractivity contribution in [1.29, 1.82) is 0 Å². The van der Waals surface area contributed by atoms with Gasteiger partial charge in [0.25, 0.3) is 5.91 Å². The normalized spacial score (nSPS) is 19.9. The maximum atomic E-state index is 12.7. The maximum Gasteiger partial charge on any atom is 0.321 e. The summed E-state index contributed by atoms with van der Waals surface area (Å²) >= 11 is 0. The molecule has 3 heterocycles. The lowest BCUT2D eigenvalue weighted by atomic mass is 10.2. The molecule has 0 radical (unpaired) electrons. The molecular weight excluding hydrogens is 368 g/mol. The van der Waals surface area contributed by atoms with E-state index < -0.39 is 0 Å². The van der Waals surface area contributed by atoms with Gasteiger partial charge in [-0.15, -0.1) is 0 Å². The predicted molar refractivity (Wildman–Crippen MR) is 113 cm³/mol. The molecule has 1 aromatic carbocycles. The fraction of sp³-hybridized carbons (Fsp3) is 0.545. The SMILES string of the molecule is CC(C)Cn1ccc2cc(NC(=O)N3CCN(C(=O)C4CCCO4)CC3)ccc21. The van der Waals surface area contributed by atoms with Crippen molar-refractivity contribution in [3.05, 3.63) is 30.5 Å². The molecule has 0 bridgehead atoms.